The van der Waals surface area contributed by atoms with Crippen LogP contribution < -0.4 is 25.0 Å². The Balaban J connectivity index is 1.44. The van der Waals surface area contributed by atoms with E-state index >= 15 is 0 Å². The molecule has 0 saturated carbocycles. The molecule has 2 heterocycles. The highest BCUT2D eigenvalue weighted by molar-refractivity contribution is 6.48. The van der Waals surface area contributed by atoms with Crippen molar-refractivity contribution >= 4 is 39.8 Å². The molecule has 1 aliphatic heterocycles. The number of methoxy groups -OCH3 is 1. The van der Waals surface area contributed by atoms with Gasteiger partial charge in [-0.3, -0.25) is 9.59 Å². The maximum atomic E-state index is 13.7. The number of nitrogens with one attached hydrogen (secondary N) is 2. The maximum absolute atomic E-state index is 13.7. The Morgan fingerprint density at radius 2 is 1.60 bits per heavy atom. The van der Waals surface area contributed by atoms with Crippen molar-refractivity contribution in [1.29, 1.82) is 0 Å². The quantitative estimate of drug-likeness (QED) is 0.168. The van der Waals surface area contributed by atoms with Gasteiger partial charge in [-0.2, -0.15) is 4.98 Å². The molecular weight excluding hydrogens is 570 g/mol. The van der Waals surface area contributed by atoms with Gasteiger partial charge in [0.25, 0.3) is 11.7 Å². The second-order valence-corrected chi connectivity index (χ2v) is 13.1. The number of nitrogens with zero attached hydrogens (tertiary/aromatic N) is 3. The molecule has 10 nitrogen and oxygen atoms in total. The second kappa shape index (κ2) is 12.7. The number of amides is 1. The summed E-state index contributed by atoms with van der Waals surface area (Å²) in [5.41, 5.74) is 1.90. The summed E-state index contributed by atoms with van der Waals surface area (Å²) in [6, 6.07) is 16.2. The number of morpholine rings is 1. The van der Waals surface area contributed by atoms with Crippen LogP contribution >= 0.6 is 0 Å². The Morgan fingerprint density at radius 1 is 0.911 bits per heavy atom. The molecule has 0 atom stereocenters. The fraction of sp³-hybridized carbons (Fsp3) is 0.371. The number of hydrogen-bond donors (Lipinski definition) is 2. The number of ketones is 1. The lowest BCUT2D eigenvalue weighted by Gasteiger charge is -2.28. The molecule has 0 aliphatic carbocycles. The third-order valence-electron chi connectivity index (χ3n) is 7.38. The molecule has 5 rings (SSSR count). The van der Waals surface area contributed by atoms with Crippen LogP contribution in [0.2, 0.25) is 0 Å². The molecule has 1 amide bonds. The maximum Gasteiger partial charge on any atom is 0.296 e. The zero-order valence-corrected chi connectivity index (χ0v) is 27.0. The molecule has 0 unspecified atom stereocenters. The van der Waals surface area contributed by atoms with Crippen molar-refractivity contribution in [2.45, 2.75) is 52.5 Å². The SMILES string of the molecule is COc1c(NC(=O)C(=O)c2ccc(Oc3ccnc(N4CCOCC4)n3)c3ccccc23)cc(C(C)(C)C)cc1NC(C)(C)C. The molecule has 1 aliphatic rings. The van der Waals surface area contributed by atoms with Gasteiger partial charge in [-0.25, -0.2) is 4.98 Å². The predicted octanol–water partition coefficient (Wildman–Crippen LogP) is 6.60. The van der Waals surface area contributed by atoms with Gasteiger partial charge in [-0.1, -0.05) is 45.0 Å². The molecule has 2 N–H and O–H groups in total. The lowest BCUT2D eigenvalue weighted by Crippen LogP contribution is -2.37. The number of carbonyl (C=O) groups is 2. The Labute approximate surface area is 264 Å². The molecular formula is C35H41N5O5. The third kappa shape index (κ3) is 7.34. The van der Waals surface area contributed by atoms with E-state index in [0.29, 0.717) is 66.1 Å². The lowest BCUT2D eigenvalue weighted by atomic mass is 9.86. The molecule has 236 valence electrons. The smallest absolute Gasteiger partial charge is 0.296 e. The van der Waals surface area contributed by atoms with Crippen LogP contribution in [-0.4, -0.2) is 60.6 Å². The molecule has 45 heavy (non-hydrogen) atoms. The lowest BCUT2D eigenvalue weighted by molar-refractivity contribution is -0.112. The summed E-state index contributed by atoms with van der Waals surface area (Å²) < 4.78 is 17.4. The summed E-state index contributed by atoms with van der Waals surface area (Å²) in [7, 11) is 1.55. The summed E-state index contributed by atoms with van der Waals surface area (Å²) in [5.74, 6) is 0.448. The van der Waals surface area contributed by atoms with E-state index in [2.05, 4.69) is 41.4 Å². The minimum Gasteiger partial charge on any atom is -0.492 e. The number of fused-ring (bicyclic) bond motifs is 1. The zero-order valence-electron chi connectivity index (χ0n) is 27.0. The van der Waals surface area contributed by atoms with Crippen LogP contribution in [0.4, 0.5) is 17.3 Å². The zero-order chi connectivity index (χ0) is 32.4. The van der Waals surface area contributed by atoms with Gasteiger partial charge in [0, 0.05) is 41.8 Å². The van der Waals surface area contributed by atoms with Gasteiger partial charge >= 0.3 is 0 Å². The molecule has 0 spiro atoms. The first-order valence-corrected chi connectivity index (χ1v) is 15.1. The van der Waals surface area contributed by atoms with E-state index in [1.807, 2.05) is 56.0 Å². The van der Waals surface area contributed by atoms with Crippen LogP contribution in [0.3, 0.4) is 0 Å². The van der Waals surface area contributed by atoms with E-state index in [1.54, 1.807) is 37.6 Å². The standard InChI is InChI=1S/C35H41N5O5/c1-34(2,3)22-20-26(31(43-7)27(21-22)39-35(4,5)6)37-32(42)30(41)25-12-13-28(24-11-9-8-10-23(24)25)45-29-14-15-36-33(38-29)40-16-18-44-19-17-40/h8-15,20-21,39H,16-19H2,1-7H3,(H,37,42). The highest BCUT2D eigenvalue weighted by Crippen LogP contribution is 2.40. The number of Topliss-reactive ketones (excluding diaryl/α,β-unsaturated/α-hetero) is 1. The van der Waals surface area contributed by atoms with Crippen molar-refractivity contribution in [2.24, 2.45) is 0 Å². The van der Waals surface area contributed by atoms with Crippen molar-refractivity contribution in [3.8, 4) is 17.4 Å². The monoisotopic (exact) mass is 611 g/mol. The number of ether oxygens (including phenoxy) is 3. The third-order valence-corrected chi connectivity index (χ3v) is 7.38. The first-order chi connectivity index (χ1) is 21.3. The van der Waals surface area contributed by atoms with E-state index in [9.17, 15) is 9.59 Å². The highest BCUT2D eigenvalue weighted by atomic mass is 16.5. The second-order valence-electron chi connectivity index (χ2n) is 13.1. The van der Waals surface area contributed by atoms with Crippen molar-refractivity contribution in [2.75, 3.05) is 48.9 Å². The fourth-order valence-corrected chi connectivity index (χ4v) is 5.15. The van der Waals surface area contributed by atoms with Gasteiger partial charge in [-0.15, -0.1) is 0 Å². The van der Waals surface area contributed by atoms with Gasteiger partial charge < -0.3 is 29.7 Å². The normalized spacial score (nSPS) is 13.8. The molecule has 10 heteroatoms. The molecule has 0 radical (unpaired) electrons. The average molecular weight is 612 g/mol. The van der Waals surface area contributed by atoms with E-state index < -0.39 is 11.7 Å². The Bertz CT molecular complexity index is 1720. The van der Waals surface area contributed by atoms with Gasteiger partial charge in [0.2, 0.25) is 11.8 Å². The van der Waals surface area contributed by atoms with Crippen LogP contribution in [0.25, 0.3) is 10.8 Å². The molecule has 1 saturated heterocycles. The summed E-state index contributed by atoms with van der Waals surface area (Å²) in [6.45, 7) is 15.0. The van der Waals surface area contributed by atoms with Crippen LogP contribution in [0.15, 0.2) is 60.8 Å². The Hall–Kier alpha value is -4.70. The van der Waals surface area contributed by atoms with Crippen molar-refractivity contribution < 1.29 is 23.8 Å². The number of rotatable bonds is 8. The highest BCUT2D eigenvalue weighted by Gasteiger charge is 2.26. The van der Waals surface area contributed by atoms with E-state index in [1.165, 1.54) is 0 Å². The van der Waals surface area contributed by atoms with Gasteiger partial charge in [0.15, 0.2) is 5.75 Å². The largest absolute Gasteiger partial charge is 0.492 e. The van der Waals surface area contributed by atoms with Gasteiger partial charge in [0.1, 0.15) is 5.75 Å². The van der Waals surface area contributed by atoms with Crippen LogP contribution in [0.1, 0.15) is 57.5 Å². The van der Waals surface area contributed by atoms with Crippen LogP contribution in [-0.2, 0) is 14.9 Å². The topological polar surface area (TPSA) is 115 Å². The molecule has 0 bridgehead atoms. The van der Waals surface area contributed by atoms with E-state index in [-0.39, 0.29) is 16.5 Å². The number of carbonyl (C=O) groups excluding carboxylic acids is 2. The Morgan fingerprint density at radius 3 is 2.27 bits per heavy atom. The van der Waals surface area contributed by atoms with E-state index in [4.69, 9.17) is 14.2 Å². The number of aromatic nitrogens is 2. The summed E-state index contributed by atoms with van der Waals surface area (Å²) in [5, 5.41) is 7.57. The van der Waals surface area contributed by atoms with E-state index in [0.717, 1.165) is 11.3 Å². The van der Waals surface area contributed by atoms with Crippen LogP contribution in [0, 0.1) is 0 Å². The van der Waals surface area contributed by atoms with Gasteiger partial charge in [-0.05, 0) is 61.4 Å². The molecule has 1 aromatic heterocycles. The number of benzene rings is 3. The number of hydrogen-bond acceptors (Lipinski definition) is 9. The summed E-state index contributed by atoms with van der Waals surface area (Å²) in [4.78, 5) is 38.3. The minimum atomic E-state index is -0.772. The average Bonchev–Trinajstić information content (AvgIpc) is 3.00. The molecule has 3 aromatic carbocycles. The first kappa shape index (κ1) is 31.7. The van der Waals surface area contributed by atoms with Crippen molar-refractivity contribution in [3.63, 3.8) is 0 Å². The summed E-state index contributed by atoms with van der Waals surface area (Å²) in [6.07, 6.45) is 1.66. The number of anilines is 3. The van der Waals surface area contributed by atoms with Gasteiger partial charge in [0.05, 0.1) is 31.7 Å². The fourth-order valence-electron chi connectivity index (χ4n) is 5.15. The minimum absolute atomic E-state index is 0.220. The predicted molar refractivity (Wildman–Crippen MR) is 177 cm³/mol. The van der Waals surface area contributed by atoms with Crippen molar-refractivity contribution in [1.82, 2.24) is 9.97 Å². The van der Waals surface area contributed by atoms with Crippen LogP contribution in [0.5, 0.6) is 17.4 Å². The molecule has 1 fully saturated rings. The van der Waals surface area contributed by atoms with Crippen molar-refractivity contribution in [3.05, 3.63) is 71.9 Å². The summed E-state index contributed by atoms with van der Waals surface area (Å²) >= 11 is 0. The molecule has 4 aromatic rings. The first-order valence-electron chi connectivity index (χ1n) is 15.1. The Kier molecular flexibility index (Phi) is 8.97.